The van der Waals surface area contributed by atoms with Crippen LogP contribution in [0.5, 0.6) is 0 Å². The first-order chi connectivity index (χ1) is 5.04. The summed E-state index contributed by atoms with van der Waals surface area (Å²) in [5.41, 5.74) is -0.301. The molecule has 0 aromatic heterocycles. The Morgan fingerprint density at radius 1 is 1.55 bits per heavy atom. The third-order valence-corrected chi connectivity index (χ3v) is 1.74. The molecule has 0 fully saturated rings. The summed E-state index contributed by atoms with van der Waals surface area (Å²) in [6.07, 6.45) is 3.23. The van der Waals surface area contributed by atoms with Crippen LogP contribution in [0.2, 0.25) is 13.1 Å². The van der Waals surface area contributed by atoms with Crippen molar-refractivity contribution in [3.8, 4) is 0 Å². The highest BCUT2D eigenvalue weighted by atomic mass is 19.1. The maximum atomic E-state index is 13.2. The number of allylic oxidation sites excluding steroid dienone is 2. The second-order valence-electron chi connectivity index (χ2n) is 3.46. The highest BCUT2D eigenvalue weighted by Crippen LogP contribution is 2.31. The number of hydrogen-bond donors (Lipinski definition) is 0. The molecule has 1 radical (unpaired) electrons. The van der Waals surface area contributed by atoms with E-state index in [-0.39, 0.29) is 11.2 Å². The molecular formula is C9H17BF. The molecule has 0 nitrogen and oxygen atoms in total. The monoisotopic (exact) mass is 155 g/mol. The summed E-state index contributed by atoms with van der Waals surface area (Å²) >= 11 is 0. The van der Waals surface area contributed by atoms with Crippen LogP contribution in [0.3, 0.4) is 0 Å². The second kappa shape index (κ2) is 4.58. The lowest BCUT2D eigenvalue weighted by Gasteiger charge is -2.21. The van der Waals surface area contributed by atoms with Gasteiger partial charge in [-0.2, -0.15) is 0 Å². The van der Waals surface area contributed by atoms with E-state index in [4.69, 9.17) is 0 Å². The summed E-state index contributed by atoms with van der Waals surface area (Å²) in [5, 5.41) is 0. The lowest BCUT2D eigenvalue weighted by Crippen LogP contribution is -2.13. The summed E-state index contributed by atoms with van der Waals surface area (Å²) in [6, 6.07) is 0. The molecule has 0 N–H and O–H groups in total. The van der Waals surface area contributed by atoms with Gasteiger partial charge in [-0.3, -0.25) is 0 Å². The lowest BCUT2D eigenvalue weighted by atomic mass is 9.65. The fraction of sp³-hybridized carbons (Fsp3) is 0.778. The zero-order valence-corrected chi connectivity index (χ0v) is 7.95. The lowest BCUT2D eigenvalue weighted by molar-refractivity contribution is 0.380. The van der Waals surface area contributed by atoms with E-state index >= 15 is 0 Å². The van der Waals surface area contributed by atoms with Crippen molar-refractivity contribution >= 4 is 7.28 Å². The fourth-order valence-corrected chi connectivity index (χ4v) is 1.06. The third kappa shape index (κ3) is 3.59. The van der Waals surface area contributed by atoms with Gasteiger partial charge in [0, 0.05) is 5.41 Å². The third-order valence-electron chi connectivity index (χ3n) is 1.74. The minimum atomic E-state index is -0.301. The van der Waals surface area contributed by atoms with Crippen molar-refractivity contribution in [2.24, 2.45) is 5.41 Å². The predicted octanol–water partition coefficient (Wildman–Crippen LogP) is 3.45. The molecule has 0 unspecified atom stereocenters. The van der Waals surface area contributed by atoms with E-state index in [1.54, 1.807) is 6.08 Å². The molecule has 0 spiro atoms. The van der Waals surface area contributed by atoms with Crippen LogP contribution in [0.15, 0.2) is 11.9 Å². The first kappa shape index (κ1) is 10.7. The van der Waals surface area contributed by atoms with Crippen LogP contribution in [0.1, 0.15) is 27.2 Å². The first-order valence-electron chi connectivity index (χ1n) is 4.18. The van der Waals surface area contributed by atoms with Gasteiger partial charge < -0.3 is 0 Å². The van der Waals surface area contributed by atoms with Crippen LogP contribution < -0.4 is 0 Å². The Labute approximate surface area is 70.1 Å². The van der Waals surface area contributed by atoms with Crippen molar-refractivity contribution in [1.29, 1.82) is 0 Å². The van der Waals surface area contributed by atoms with Gasteiger partial charge in [-0.25, -0.2) is 4.39 Å². The molecule has 0 aliphatic heterocycles. The molecule has 0 rings (SSSR count). The second-order valence-corrected chi connectivity index (χ2v) is 3.46. The molecule has 0 saturated heterocycles. The van der Waals surface area contributed by atoms with Gasteiger partial charge in [0.15, 0.2) is 0 Å². The molecule has 0 heterocycles. The van der Waals surface area contributed by atoms with Crippen molar-refractivity contribution in [3.63, 3.8) is 0 Å². The van der Waals surface area contributed by atoms with Gasteiger partial charge in [0.25, 0.3) is 0 Å². The first-order valence-corrected chi connectivity index (χ1v) is 4.18. The van der Waals surface area contributed by atoms with Crippen molar-refractivity contribution in [2.45, 2.75) is 40.3 Å². The number of hydrogen-bond acceptors (Lipinski definition) is 0. The van der Waals surface area contributed by atoms with Crippen LogP contribution in [0.25, 0.3) is 0 Å². The zero-order chi connectivity index (χ0) is 8.91. The standard InChI is InChI=1S/C9H17BF/c1-5-6-8(11)9(2,3)7-10-4/h6H,5,7H2,1-4H3/b8-6+. The Bertz CT molecular complexity index is 138. The van der Waals surface area contributed by atoms with Crippen LogP contribution in [-0.2, 0) is 0 Å². The van der Waals surface area contributed by atoms with Gasteiger partial charge in [-0.15, -0.1) is 0 Å². The fourth-order valence-electron chi connectivity index (χ4n) is 1.06. The zero-order valence-electron chi connectivity index (χ0n) is 7.95. The van der Waals surface area contributed by atoms with E-state index in [9.17, 15) is 4.39 Å². The Kier molecular flexibility index (Phi) is 4.47. The number of rotatable bonds is 4. The van der Waals surface area contributed by atoms with Crippen molar-refractivity contribution in [3.05, 3.63) is 11.9 Å². The van der Waals surface area contributed by atoms with Crippen LogP contribution >= 0.6 is 0 Å². The molecule has 11 heavy (non-hydrogen) atoms. The molecule has 0 aliphatic rings. The summed E-state index contributed by atoms with van der Waals surface area (Å²) in [4.78, 5) is 0. The molecule has 0 aliphatic carbocycles. The molecule has 63 valence electrons. The SMILES string of the molecule is C[B]CC(C)(C)/C(F)=C\CC. The normalized spacial score (nSPS) is 13.4. The smallest absolute Gasteiger partial charge is 0.107 e. The van der Waals surface area contributed by atoms with Gasteiger partial charge in [0.05, 0.1) is 0 Å². The Hall–Kier alpha value is -0.265. The summed E-state index contributed by atoms with van der Waals surface area (Å²) in [7, 11) is 2.00. The summed E-state index contributed by atoms with van der Waals surface area (Å²) < 4.78 is 13.2. The Balaban J connectivity index is 4.16. The van der Waals surface area contributed by atoms with Gasteiger partial charge in [-0.05, 0) is 6.42 Å². The highest BCUT2D eigenvalue weighted by molar-refractivity contribution is 6.33. The average Bonchev–Trinajstić information content (AvgIpc) is 1.88. The minimum absolute atomic E-state index is 0.0121. The van der Waals surface area contributed by atoms with E-state index in [2.05, 4.69) is 0 Å². The van der Waals surface area contributed by atoms with Gasteiger partial charge in [0.2, 0.25) is 0 Å². The van der Waals surface area contributed by atoms with Crippen molar-refractivity contribution in [1.82, 2.24) is 0 Å². The van der Waals surface area contributed by atoms with Crippen molar-refractivity contribution in [2.75, 3.05) is 0 Å². The summed E-state index contributed by atoms with van der Waals surface area (Å²) in [6.45, 7) is 7.76. The quantitative estimate of drug-likeness (QED) is 0.545. The Morgan fingerprint density at radius 3 is 2.45 bits per heavy atom. The van der Waals surface area contributed by atoms with E-state index in [0.717, 1.165) is 12.7 Å². The molecule has 0 aromatic carbocycles. The number of halogens is 1. The molecule has 0 saturated carbocycles. The van der Waals surface area contributed by atoms with E-state index in [0.29, 0.717) is 0 Å². The van der Waals surface area contributed by atoms with Crippen LogP contribution in [0.4, 0.5) is 4.39 Å². The maximum absolute atomic E-state index is 13.2. The van der Waals surface area contributed by atoms with E-state index in [1.165, 1.54) is 0 Å². The molecule has 0 atom stereocenters. The van der Waals surface area contributed by atoms with Gasteiger partial charge in [-0.1, -0.05) is 40.0 Å². The highest BCUT2D eigenvalue weighted by Gasteiger charge is 2.21. The maximum Gasteiger partial charge on any atom is 0.107 e. The molecule has 0 aromatic rings. The van der Waals surface area contributed by atoms with E-state index < -0.39 is 0 Å². The largest absolute Gasteiger partial charge is 0.212 e. The van der Waals surface area contributed by atoms with Gasteiger partial charge >= 0.3 is 0 Å². The average molecular weight is 155 g/mol. The molecule has 0 bridgehead atoms. The molecular weight excluding hydrogens is 138 g/mol. The molecule has 2 heteroatoms. The van der Waals surface area contributed by atoms with Crippen molar-refractivity contribution < 1.29 is 4.39 Å². The van der Waals surface area contributed by atoms with Crippen LogP contribution in [-0.4, -0.2) is 7.28 Å². The van der Waals surface area contributed by atoms with E-state index in [1.807, 2.05) is 34.9 Å². The Morgan fingerprint density at radius 2 is 2.09 bits per heavy atom. The minimum Gasteiger partial charge on any atom is -0.212 e. The van der Waals surface area contributed by atoms with Crippen LogP contribution in [0, 0.1) is 5.41 Å². The molecule has 0 amide bonds. The predicted molar refractivity (Wildman–Crippen MR) is 49.7 cm³/mol. The van der Waals surface area contributed by atoms with Gasteiger partial charge in [0.1, 0.15) is 13.1 Å². The topological polar surface area (TPSA) is 0 Å². The summed E-state index contributed by atoms with van der Waals surface area (Å²) in [5.74, 6) is 0.0121.